The predicted molar refractivity (Wildman–Crippen MR) is 89.1 cm³/mol. The fraction of sp³-hybridized carbons (Fsp3) is 0.133. The van der Waals surface area contributed by atoms with Crippen molar-refractivity contribution in [3.63, 3.8) is 0 Å². The van der Waals surface area contributed by atoms with Crippen molar-refractivity contribution < 1.29 is 4.79 Å². The molecule has 0 unspecified atom stereocenters. The minimum absolute atomic E-state index is 0.0472. The van der Waals surface area contributed by atoms with Crippen molar-refractivity contribution in [1.82, 2.24) is 0 Å². The Morgan fingerprint density at radius 3 is 2.85 bits per heavy atom. The van der Waals surface area contributed by atoms with Gasteiger partial charge in [-0.25, -0.2) is 0 Å². The summed E-state index contributed by atoms with van der Waals surface area (Å²) in [6, 6.07) is 13.3. The van der Waals surface area contributed by atoms with Crippen molar-refractivity contribution in [2.45, 2.75) is 11.8 Å². The molecular weight excluding hydrogens is 336 g/mol. The molecule has 0 bridgehead atoms. The third kappa shape index (κ3) is 4.28. The van der Waals surface area contributed by atoms with E-state index in [1.807, 2.05) is 49.4 Å². The average Bonchev–Trinajstić information content (AvgIpc) is 2.40. The Balaban J connectivity index is 1.94. The minimum atomic E-state index is -0.0472. The number of amides is 1. The molecule has 2 aromatic carbocycles. The largest absolute Gasteiger partial charge is 0.398 e. The highest BCUT2D eigenvalue weighted by molar-refractivity contribution is 9.10. The normalized spacial score (nSPS) is 10.3. The van der Waals surface area contributed by atoms with Gasteiger partial charge in [-0.3, -0.25) is 4.79 Å². The number of hydrogen-bond donors (Lipinski definition) is 2. The zero-order valence-electron chi connectivity index (χ0n) is 11.0. The molecule has 0 atom stereocenters. The first kappa shape index (κ1) is 14.9. The van der Waals surface area contributed by atoms with Crippen LogP contribution in [0.5, 0.6) is 0 Å². The molecule has 0 aliphatic heterocycles. The van der Waals surface area contributed by atoms with Gasteiger partial charge in [0.15, 0.2) is 0 Å². The molecule has 1 amide bonds. The number of nitrogens with one attached hydrogen (secondary N) is 1. The van der Waals surface area contributed by atoms with Gasteiger partial charge in [0.25, 0.3) is 0 Å². The Hall–Kier alpha value is -1.46. The van der Waals surface area contributed by atoms with Crippen LogP contribution in [-0.2, 0) is 4.79 Å². The first-order valence-corrected chi connectivity index (χ1v) is 7.87. The lowest BCUT2D eigenvalue weighted by molar-refractivity contribution is -0.113. The summed E-state index contributed by atoms with van der Waals surface area (Å²) in [6.07, 6.45) is 0. The van der Waals surface area contributed by atoms with E-state index in [-0.39, 0.29) is 5.91 Å². The van der Waals surface area contributed by atoms with Gasteiger partial charge in [-0.1, -0.05) is 28.1 Å². The van der Waals surface area contributed by atoms with E-state index in [9.17, 15) is 4.79 Å². The molecule has 104 valence electrons. The van der Waals surface area contributed by atoms with Crippen molar-refractivity contribution in [2.24, 2.45) is 0 Å². The molecule has 20 heavy (non-hydrogen) atoms. The molecule has 2 rings (SSSR count). The van der Waals surface area contributed by atoms with E-state index in [1.54, 1.807) is 0 Å². The fourth-order valence-corrected chi connectivity index (χ4v) is 2.94. The van der Waals surface area contributed by atoms with Crippen LogP contribution in [0.25, 0.3) is 0 Å². The lowest BCUT2D eigenvalue weighted by Crippen LogP contribution is -2.14. The number of carbonyl (C=O) groups is 1. The number of benzene rings is 2. The number of aryl methyl sites for hydroxylation is 1. The molecule has 0 fully saturated rings. The molecule has 5 heteroatoms. The molecule has 0 aliphatic rings. The highest BCUT2D eigenvalue weighted by Crippen LogP contribution is 2.26. The zero-order valence-corrected chi connectivity index (χ0v) is 13.4. The monoisotopic (exact) mass is 350 g/mol. The van der Waals surface area contributed by atoms with Crippen LogP contribution in [0.3, 0.4) is 0 Å². The van der Waals surface area contributed by atoms with Crippen molar-refractivity contribution in [1.29, 1.82) is 0 Å². The van der Waals surface area contributed by atoms with Crippen LogP contribution in [0.1, 0.15) is 5.56 Å². The van der Waals surface area contributed by atoms with Crippen LogP contribution in [0, 0.1) is 6.92 Å². The maximum Gasteiger partial charge on any atom is 0.234 e. The summed E-state index contributed by atoms with van der Waals surface area (Å²) < 4.78 is 0.936. The Morgan fingerprint density at radius 2 is 2.10 bits per heavy atom. The third-order valence-corrected chi connectivity index (χ3v) is 4.20. The number of hydrogen-bond acceptors (Lipinski definition) is 3. The smallest absolute Gasteiger partial charge is 0.234 e. The summed E-state index contributed by atoms with van der Waals surface area (Å²) >= 11 is 4.82. The van der Waals surface area contributed by atoms with Gasteiger partial charge < -0.3 is 11.1 Å². The van der Waals surface area contributed by atoms with Crippen LogP contribution >= 0.6 is 27.7 Å². The van der Waals surface area contributed by atoms with E-state index in [0.717, 1.165) is 20.6 Å². The van der Waals surface area contributed by atoms with Gasteiger partial charge in [-0.2, -0.15) is 0 Å². The molecule has 0 radical (unpaired) electrons. The summed E-state index contributed by atoms with van der Waals surface area (Å²) in [5.74, 6) is 0.286. The quantitative estimate of drug-likeness (QED) is 0.645. The molecule has 0 aromatic heterocycles. The van der Waals surface area contributed by atoms with Gasteiger partial charge in [-0.05, 0) is 42.8 Å². The highest BCUT2D eigenvalue weighted by atomic mass is 79.9. The molecule has 0 spiro atoms. The molecule has 0 aliphatic carbocycles. The lowest BCUT2D eigenvalue weighted by atomic mass is 10.2. The number of rotatable bonds is 4. The number of nitrogens with two attached hydrogens (primary N) is 1. The zero-order chi connectivity index (χ0) is 14.5. The van der Waals surface area contributed by atoms with Gasteiger partial charge in [0.05, 0.1) is 5.75 Å². The summed E-state index contributed by atoms with van der Waals surface area (Å²) in [5.41, 5.74) is 8.51. The molecular formula is C15H15BrN2OS. The SMILES string of the molecule is Cc1ccc(N)c(SCC(=O)Nc2cccc(Br)c2)c1. The van der Waals surface area contributed by atoms with E-state index >= 15 is 0 Å². The van der Waals surface area contributed by atoms with Gasteiger partial charge in [-0.15, -0.1) is 11.8 Å². The van der Waals surface area contributed by atoms with Crippen molar-refractivity contribution >= 4 is 45.0 Å². The predicted octanol–water partition coefficient (Wildman–Crippen LogP) is 4.07. The second kappa shape index (κ2) is 6.81. The van der Waals surface area contributed by atoms with Crippen LogP contribution in [-0.4, -0.2) is 11.7 Å². The van der Waals surface area contributed by atoms with Crippen molar-refractivity contribution in [2.75, 3.05) is 16.8 Å². The topological polar surface area (TPSA) is 55.1 Å². The van der Waals surface area contributed by atoms with Crippen LogP contribution in [0.2, 0.25) is 0 Å². The van der Waals surface area contributed by atoms with E-state index in [0.29, 0.717) is 11.4 Å². The summed E-state index contributed by atoms with van der Waals surface area (Å²) in [5, 5.41) is 2.86. The second-order valence-corrected chi connectivity index (χ2v) is 6.32. The Labute approximate surface area is 131 Å². The van der Waals surface area contributed by atoms with Gasteiger partial charge in [0, 0.05) is 20.7 Å². The summed E-state index contributed by atoms with van der Waals surface area (Å²) in [7, 11) is 0. The summed E-state index contributed by atoms with van der Waals surface area (Å²) in [4.78, 5) is 12.8. The second-order valence-electron chi connectivity index (χ2n) is 4.39. The minimum Gasteiger partial charge on any atom is -0.398 e. The Morgan fingerprint density at radius 1 is 1.30 bits per heavy atom. The Kier molecular flexibility index (Phi) is 5.09. The molecule has 2 aromatic rings. The first-order chi connectivity index (χ1) is 9.54. The summed E-state index contributed by atoms with van der Waals surface area (Å²) in [6.45, 7) is 2.01. The number of nitrogen functional groups attached to an aromatic ring is 1. The third-order valence-electron chi connectivity index (χ3n) is 2.64. The van der Waals surface area contributed by atoms with Gasteiger partial charge in [0.2, 0.25) is 5.91 Å². The molecule has 3 nitrogen and oxygen atoms in total. The first-order valence-electron chi connectivity index (χ1n) is 6.09. The van der Waals surface area contributed by atoms with Crippen LogP contribution < -0.4 is 11.1 Å². The van der Waals surface area contributed by atoms with Crippen LogP contribution in [0.4, 0.5) is 11.4 Å². The molecule has 0 heterocycles. The van der Waals surface area contributed by atoms with Gasteiger partial charge >= 0.3 is 0 Å². The van der Waals surface area contributed by atoms with Crippen molar-refractivity contribution in [3.8, 4) is 0 Å². The Bertz CT molecular complexity index is 631. The van der Waals surface area contributed by atoms with E-state index in [1.165, 1.54) is 11.8 Å². The maximum atomic E-state index is 11.9. The average molecular weight is 351 g/mol. The van der Waals surface area contributed by atoms with E-state index in [2.05, 4.69) is 21.2 Å². The van der Waals surface area contributed by atoms with Gasteiger partial charge in [0.1, 0.15) is 0 Å². The maximum absolute atomic E-state index is 11.9. The van der Waals surface area contributed by atoms with Crippen LogP contribution in [0.15, 0.2) is 51.8 Å². The fourth-order valence-electron chi connectivity index (χ4n) is 1.67. The van der Waals surface area contributed by atoms with E-state index < -0.39 is 0 Å². The lowest BCUT2D eigenvalue weighted by Gasteiger charge is -2.08. The van der Waals surface area contributed by atoms with E-state index in [4.69, 9.17) is 5.73 Å². The highest BCUT2D eigenvalue weighted by Gasteiger charge is 2.06. The number of anilines is 2. The standard InChI is InChI=1S/C15H15BrN2OS/c1-10-5-6-13(17)14(7-10)20-9-15(19)18-12-4-2-3-11(16)8-12/h2-8H,9,17H2,1H3,(H,18,19). The molecule has 0 saturated carbocycles. The number of halogens is 1. The molecule has 3 N–H and O–H groups in total. The van der Waals surface area contributed by atoms with Crippen molar-refractivity contribution in [3.05, 3.63) is 52.5 Å². The molecule has 0 saturated heterocycles. The number of carbonyl (C=O) groups excluding carboxylic acids is 1. The number of thioether (sulfide) groups is 1.